The summed E-state index contributed by atoms with van der Waals surface area (Å²) in [5.41, 5.74) is -1.32. The van der Waals surface area contributed by atoms with Gasteiger partial charge in [-0.3, -0.25) is 4.89 Å². The van der Waals surface area contributed by atoms with Crippen LogP contribution in [-0.2, 0) is 34.6 Å². The second-order valence-corrected chi connectivity index (χ2v) is 5.71. The second kappa shape index (κ2) is 7.93. The van der Waals surface area contributed by atoms with E-state index in [0.717, 1.165) is 20.3 Å². The molecule has 1 aliphatic rings. The summed E-state index contributed by atoms with van der Waals surface area (Å²) in [5.74, 6) is -1.89. The molecule has 2 aromatic rings. The van der Waals surface area contributed by atoms with Crippen LogP contribution in [0.4, 0.5) is 10.5 Å². The molecule has 0 aliphatic carbocycles. The lowest BCUT2D eigenvalue weighted by atomic mass is 9.97. The third-order valence-electron chi connectivity index (χ3n) is 4.11. The molecule has 1 heterocycles. The minimum atomic E-state index is -1.74. The van der Waals surface area contributed by atoms with Gasteiger partial charge in [0.1, 0.15) is 5.57 Å². The first-order valence-corrected chi connectivity index (χ1v) is 8.23. The molecule has 1 atom stereocenters. The molecule has 144 valence electrons. The van der Waals surface area contributed by atoms with E-state index < -0.39 is 29.3 Å². The van der Waals surface area contributed by atoms with Crippen LogP contribution in [0.15, 0.2) is 72.3 Å². The van der Waals surface area contributed by atoms with Crippen molar-refractivity contribution in [3.8, 4) is 0 Å². The van der Waals surface area contributed by atoms with Gasteiger partial charge in [0.25, 0.3) is 0 Å². The van der Waals surface area contributed by atoms with Crippen LogP contribution in [0.3, 0.4) is 0 Å². The number of hydrogen-bond acceptors (Lipinski definition) is 7. The Kier molecular flexibility index (Phi) is 5.42. The zero-order chi connectivity index (χ0) is 20.1. The largest absolute Gasteiger partial charge is 0.465 e. The number of para-hydroxylation sites is 1. The highest BCUT2D eigenvalue weighted by atomic mass is 17.2. The predicted octanol–water partition coefficient (Wildman–Crippen LogP) is 2.70. The first-order chi connectivity index (χ1) is 13.5. The van der Waals surface area contributed by atoms with Crippen molar-refractivity contribution in [2.75, 3.05) is 19.1 Å². The first kappa shape index (κ1) is 19.1. The Morgan fingerprint density at radius 3 is 2.00 bits per heavy atom. The standard InChI is InChI=1S/C20H17NO7/c1-25-17(22)16(18(23)26-2)13-20(14-9-5-3-6-10-14)21(19(24)27-28-20)15-11-7-4-8-12-15/h3-13H,1-2H3. The van der Waals surface area contributed by atoms with E-state index in [1.165, 1.54) is 4.90 Å². The molecule has 8 nitrogen and oxygen atoms in total. The van der Waals surface area contributed by atoms with Crippen molar-refractivity contribution in [1.82, 2.24) is 0 Å². The molecule has 1 aliphatic heterocycles. The van der Waals surface area contributed by atoms with E-state index in [0.29, 0.717) is 11.3 Å². The topological polar surface area (TPSA) is 91.4 Å². The van der Waals surface area contributed by atoms with Crippen LogP contribution in [0.5, 0.6) is 0 Å². The summed E-state index contributed by atoms with van der Waals surface area (Å²) in [6.07, 6.45) is 0.332. The summed E-state index contributed by atoms with van der Waals surface area (Å²) in [4.78, 5) is 48.4. The summed E-state index contributed by atoms with van der Waals surface area (Å²) >= 11 is 0. The molecular weight excluding hydrogens is 366 g/mol. The van der Waals surface area contributed by atoms with Crippen LogP contribution in [-0.4, -0.2) is 32.3 Å². The molecule has 1 fully saturated rings. The Bertz CT molecular complexity index is 893. The van der Waals surface area contributed by atoms with Crippen molar-refractivity contribution in [1.29, 1.82) is 0 Å². The third-order valence-corrected chi connectivity index (χ3v) is 4.11. The Labute approximate surface area is 160 Å². The van der Waals surface area contributed by atoms with Crippen molar-refractivity contribution in [2.45, 2.75) is 5.72 Å². The number of hydrogen-bond donors (Lipinski definition) is 0. The molecule has 0 spiro atoms. The van der Waals surface area contributed by atoms with E-state index in [9.17, 15) is 14.4 Å². The van der Waals surface area contributed by atoms with Crippen molar-refractivity contribution in [3.63, 3.8) is 0 Å². The van der Waals surface area contributed by atoms with Gasteiger partial charge in [0, 0.05) is 5.56 Å². The van der Waals surface area contributed by atoms with Crippen LogP contribution in [0.1, 0.15) is 5.56 Å². The van der Waals surface area contributed by atoms with Crippen molar-refractivity contribution >= 4 is 23.7 Å². The highest BCUT2D eigenvalue weighted by molar-refractivity contribution is 6.14. The minimum absolute atomic E-state index is 0.430. The molecule has 0 aromatic heterocycles. The average Bonchev–Trinajstić information content (AvgIpc) is 3.09. The van der Waals surface area contributed by atoms with E-state index in [1.54, 1.807) is 60.7 Å². The Hall–Kier alpha value is -3.65. The second-order valence-electron chi connectivity index (χ2n) is 5.71. The fourth-order valence-corrected chi connectivity index (χ4v) is 2.83. The molecule has 0 radical (unpaired) electrons. The number of ether oxygens (including phenoxy) is 2. The first-order valence-electron chi connectivity index (χ1n) is 8.23. The highest BCUT2D eigenvalue weighted by Crippen LogP contribution is 2.41. The third kappa shape index (κ3) is 3.33. The molecular formula is C20H17NO7. The summed E-state index contributed by atoms with van der Waals surface area (Å²) in [7, 11) is 2.25. The SMILES string of the molecule is COC(=O)C(=CC1(c2ccccc2)OOC(=O)N1c1ccccc1)C(=O)OC. The highest BCUT2D eigenvalue weighted by Gasteiger charge is 2.52. The van der Waals surface area contributed by atoms with E-state index in [1.807, 2.05) is 0 Å². The van der Waals surface area contributed by atoms with Gasteiger partial charge >= 0.3 is 18.0 Å². The van der Waals surface area contributed by atoms with Gasteiger partial charge < -0.3 is 9.47 Å². The molecule has 8 heteroatoms. The van der Waals surface area contributed by atoms with Gasteiger partial charge in [0.15, 0.2) is 0 Å². The Morgan fingerprint density at radius 1 is 0.929 bits per heavy atom. The molecule has 3 rings (SSSR count). The maximum absolute atomic E-state index is 12.5. The smallest absolute Gasteiger partial charge is 0.448 e. The van der Waals surface area contributed by atoms with E-state index in [2.05, 4.69) is 9.47 Å². The van der Waals surface area contributed by atoms with Gasteiger partial charge in [-0.1, -0.05) is 48.5 Å². The lowest BCUT2D eigenvalue weighted by Crippen LogP contribution is -2.43. The molecule has 28 heavy (non-hydrogen) atoms. The number of rotatable bonds is 5. The lowest BCUT2D eigenvalue weighted by molar-refractivity contribution is -0.267. The summed E-state index contributed by atoms with van der Waals surface area (Å²) in [5, 5.41) is 0. The predicted molar refractivity (Wildman–Crippen MR) is 96.7 cm³/mol. The fourth-order valence-electron chi connectivity index (χ4n) is 2.83. The maximum atomic E-state index is 12.5. The van der Waals surface area contributed by atoms with Crippen molar-refractivity contribution in [3.05, 3.63) is 77.9 Å². The van der Waals surface area contributed by atoms with Crippen LogP contribution >= 0.6 is 0 Å². The lowest BCUT2D eigenvalue weighted by Gasteiger charge is -2.31. The number of methoxy groups -OCH3 is 2. The summed E-state index contributed by atoms with van der Waals surface area (Å²) in [6, 6.07) is 17.1. The fraction of sp³-hybridized carbons (Fsp3) is 0.150. The zero-order valence-electron chi connectivity index (χ0n) is 15.2. The minimum Gasteiger partial charge on any atom is -0.465 e. The van der Waals surface area contributed by atoms with Crippen LogP contribution in [0.25, 0.3) is 0 Å². The number of esters is 2. The van der Waals surface area contributed by atoms with E-state index in [4.69, 9.17) is 9.78 Å². The molecule has 2 aromatic carbocycles. The van der Waals surface area contributed by atoms with Gasteiger partial charge in [0.05, 0.1) is 19.9 Å². The van der Waals surface area contributed by atoms with Crippen molar-refractivity contribution in [2.24, 2.45) is 0 Å². The number of carbonyl (C=O) groups is 3. The van der Waals surface area contributed by atoms with E-state index >= 15 is 0 Å². The van der Waals surface area contributed by atoms with E-state index in [-0.39, 0.29) is 0 Å². The number of carbonyl (C=O) groups excluding carboxylic acids is 3. The Balaban J connectivity index is 2.27. The van der Waals surface area contributed by atoms with Gasteiger partial charge in [-0.05, 0) is 18.2 Å². The quantitative estimate of drug-likeness (QED) is 0.258. The Morgan fingerprint density at radius 2 is 1.46 bits per heavy atom. The number of anilines is 1. The number of benzene rings is 2. The molecule has 0 saturated carbocycles. The van der Waals surface area contributed by atoms with Gasteiger partial charge in [-0.25, -0.2) is 19.3 Å². The molecule has 0 N–H and O–H groups in total. The zero-order valence-corrected chi connectivity index (χ0v) is 15.2. The monoisotopic (exact) mass is 383 g/mol. The number of nitrogens with zero attached hydrogens (tertiary/aromatic N) is 1. The van der Waals surface area contributed by atoms with Gasteiger partial charge in [-0.15, -0.1) is 4.89 Å². The summed E-state index contributed by atoms with van der Waals surface area (Å²) in [6.45, 7) is 0. The van der Waals surface area contributed by atoms with Gasteiger partial charge in [-0.2, -0.15) is 0 Å². The maximum Gasteiger partial charge on any atom is 0.448 e. The van der Waals surface area contributed by atoms with Crippen LogP contribution < -0.4 is 4.90 Å². The van der Waals surface area contributed by atoms with Crippen LogP contribution in [0.2, 0.25) is 0 Å². The molecule has 0 bridgehead atoms. The van der Waals surface area contributed by atoms with Crippen LogP contribution in [0, 0.1) is 0 Å². The van der Waals surface area contributed by atoms with Crippen molar-refractivity contribution < 1.29 is 33.6 Å². The normalized spacial score (nSPS) is 18.2. The molecule has 1 saturated heterocycles. The van der Waals surface area contributed by atoms with Gasteiger partial charge in [0.2, 0.25) is 5.72 Å². The molecule has 1 amide bonds. The number of amides is 1. The molecule has 1 unspecified atom stereocenters. The average molecular weight is 383 g/mol. The summed E-state index contributed by atoms with van der Waals surface area (Å²) < 4.78 is 9.37.